The Kier molecular flexibility index (Phi) is 5.42. The average molecular weight is 270 g/mol. The lowest BCUT2D eigenvalue weighted by atomic mass is 10.1. The summed E-state index contributed by atoms with van der Waals surface area (Å²) in [5.74, 6) is 0. The van der Waals surface area contributed by atoms with Crippen molar-refractivity contribution in [2.75, 3.05) is 45.9 Å². The van der Waals surface area contributed by atoms with Gasteiger partial charge in [-0.05, 0) is 19.4 Å². The van der Waals surface area contributed by atoms with Gasteiger partial charge in [-0.15, -0.1) is 0 Å². The summed E-state index contributed by atoms with van der Waals surface area (Å²) in [5, 5.41) is 3.56. The van der Waals surface area contributed by atoms with Crippen LogP contribution in [0.15, 0.2) is 0 Å². The Morgan fingerprint density at radius 2 is 2.11 bits per heavy atom. The van der Waals surface area contributed by atoms with Gasteiger partial charge in [0.05, 0.1) is 12.7 Å². The third kappa shape index (κ3) is 4.33. The van der Waals surface area contributed by atoms with Gasteiger partial charge in [0.25, 0.3) is 0 Å². The van der Waals surface area contributed by atoms with E-state index >= 15 is 0 Å². The molecule has 1 unspecified atom stereocenters. The SMILES string of the molecule is CCN1CCOC(CNC2CCN(C(N)=O)CC2)C1. The first-order chi connectivity index (χ1) is 9.19. The fourth-order valence-electron chi connectivity index (χ4n) is 2.79. The highest BCUT2D eigenvalue weighted by Crippen LogP contribution is 2.11. The number of nitrogens with zero attached hydrogens (tertiary/aromatic N) is 2. The molecule has 0 spiro atoms. The van der Waals surface area contributed by atoms with Crippen molar-refractivity contribution in [2.24, 2.45) is 5.73 Å². The van der Waals surface area contributed by atoms with Crippen LogP contribution in [0.3, 0.4) is 0 Å². The van der Waals surface area contributed by atoms with Crippen LogP contribution in [-0.4, -0.2) is 73.9 Å². The molecule has 6 nitrogen and oxygen atoms in total. The number of morpholine rings is 1. The minimum absolute atomic E-state index is 0.294. The van der Waals surface area contributed by atoms with Crippen molar-refractivity contribution in [1.29, 1.82) is 0 Å². The van der Waals surface area contributed by atoms with Gasteiger partial charge in [-0.1, -0.05) is 6.92 Å². The van der Waals surface area contributed by atoms with Crippen LogP contribution in [0, 0.1) is 0 Å². The van der Waals surface area contributed by atoms with Gasteiger partial charge < -0.3 is 20.7 Å². The van der Waals surface area contributed by atoms with Crippen LogP contribution in [0.25, 0.3) is 0 Å². The molecule has 2 amide bonds. The number of carbonyl (C=O) groups excluding carboxylic acids is 1. The largest absolute Gasteiger partial charge is 0.374 e. The van der Waals surface area contributed by atoms with Gasteiger partial charge in [0.15, 0.2) is 0 Å². The zero-order valence-electron chi connectivity index (χ0n) is 11.8. The molecular formula is C13H26N4O2. The lowest BCUT2D eigenvalue weighted by Crippen LogP contribution is -2.51. The number of nitrogens with one attached hydrogen (secondary N) is 1. The number of piperidine rings is 1. The number of nitrogens with two attached hydrogens (primary N) is 1. The summed E-state index contributed by atoms with van der Waals surface area (Å²) >= 11 is 0. The summed E-state index contributed by atoms with van der Waals surface area (Å²) in [6, 6.07) is 0.184. The maximum absolute atomic E-state index is 11.0. The molecule has 2 fully saturated rings. The number of rotatable bonds is 4. The Balaban J connectivity index is 1.65. The summed E-state index contributed by atoms with van der Waals surface area (Å²) in [4.78, 5) is 15.2. The first kappa shape index (κ1) is 14.6. The van der Waals surface area contributed by atoms with Crippen LogP contribution >= 0.6 is 0 Å². The molecule has 6 heteroatoms. The first-order valence-electron chi connectivity index (χ1n) is 7.30. The van der Waals surface area contributed by atoms with E-state index in [1.54, 1.807) is 4.90 Å². The molecule has 0 aromatic heterocycles. The monoisotopic (exact) mass is 270 g/mol. The molecule has 2 saturated heterocycles. The second-order valence-corrected chi connectivity index (χ2v) is 5.39. The Morgan fingerprint density at radius 1 is 1.37 bits per heavy atom. The zero-order chi connectivity index (χ0) is 13.7. The van der Waals surface area contributed by atoms with Crippen molar-refractivity contribution < 1.29 is 9.53 Å². The molecule has 2 heterocycles. The van der Waals surface area contributed by atoms with E-state index in [4.69, 9.17) is 10.5 Å². The van der Waals surface area contributed by atoms with Crippen molar-refractivity contribution in [1.82, 2.24) is 15.1 Å². The van der Waals surface area contributed by atoms with E-state index in [1.165, 1.54) is 0 Å². The van der Waals surface area contributed by atoms with Crippen molar-refractivity contribution >= 4 is 6.03 Å². The minimum Gasteiger partial charge on any atom is -0.374 e. The Labute approximate surface area is 115 Å². The maximum Gasteiger partial charge on any atom is 0.314 e. The molecule has 2 rings (SSSR count). The lowest BCUT2D eigenvalue weighted by molar-refractivity contribution is -0.0270. The standard InChI is InChI=1S/C13H26N4O2/c1-2-16-7-8-19-12(10-16)9-15-11-3-5-17(6-4-11)13(14)18/h11-12,15H,2-10H2,1H3,(H2,14,18). The smallest absolute Gasteiger partial charge is 0.314 e. The second-order valence-electron chi connectivity index (χ2n) is 5.39. The van der Waals surface area contributed by atoms with E-state index in [-0.39, 0.29) is 6.03 Å². The van der Waals surface area contributed by atoms with E-state index in [9.17, 15) is 4.79 Å². The number of likely N-dealkylation sites (tertiary alicyclic amines) is 1. The number of carbonyl (C=O) groups is 1. The summed E-state index contributed by atoms with van der Waals surface area (Å²) in [5.41, 5.74) is 5.28. The number of primary amides is 1. The highest BCUT2D eigenvalue weighted by molar-refractivity contribution is 5.72. The molecule has 2 aliphatic rings. The quantitative estimate of drug-likeness (QED) is 0.745. The molecule has 0 aliphatic carbocycles. The van der Waals surface area contributed by atoms with Gasteiger partial charge in [0.2, 0.25) is 0 Å². The Hall–Kier alpha value is -0.850. The van der Waals surface area contributed by atoms with Gasteiger partial charge in [-0.2, -0.15) is 0 Å². The Morgan fingerprint density at radius 3 is 2.74 bits per heavy atom. The van der Waals surface area contributed by atoms with Crippen LogP contribution in [0.4, 0.5) is 4.79 Å². The predicted molar refractivity (Wildman–Crippen MR) is 74.0 cm³/mol. The molecule has 2 aliphatic heterocycles. The fourth-order valence-corrected chi connectivity index (χ4v) is 2.79. The molecule has 1 atom stereocenters. The van der Waals surface area contributed by atoms with Crippen LogP contribution in [0.5, 0.6) is 0 Å². The number of ether oxygens (including phenoxy) is 1. The highest BCUT2D eigenvalue weighted by Gasteiger charge is 2.23. The molecular weight excluding hydrogens is 244 g/mol. The van der Waals surface area contributed by atoms with Gasteiger partial charge in [-0.25, -0.2) is 4.79 Å². The van der Waals surface area contributed by atoms with Gasteiger partial charge >= 0.3 is 6.03 Å². The summed E-state index contributed by atoms with van der Waals surface area (Å²) in [6.45, 7) is 8.61. The fraction of sp³-hybridized carbons (Fsp3) is 0.923. The number of amides is 2. The van der Waals surface area contributed by atoms with Crippen molar-refractivity contribution in [3.8, 4) is 0 Å². The summed E-state index contributed by atoms with van der Waals surface area (Å²) < 4.78 is 5.77. The molecule has 0 aromatic rings. The van der Waals surface area contributed by atoms with Crippen LogP contribution in [-0.2, 0) is 4.74 Å². The van der Waals surface area contributed by atoms with Crippen LogP contribution in [0.1, 0.15) is 19.8 Å². The van der Waals surface area contributed by atoms with Crippen molar-refractivity contribution in [3.63, 3.8) is 0 Å². The summed E-state index contributed by atoms with van der Waals surface area (Å²) in [6.07, 6.45) is 2.25. The molecule has 0 bridgehead atoms. The van der Waals surface area contributed by atoms with E-state index in [0.717, 1.165) is 58.7 Å². The van der Waals surface area contributed by atoms with Crippen LogP contribution in [0.2, 0.25) is 0 Å². The first-order valence-corrected chi connectivity index (χ1v) is 7.30. The number of hydrogen-bond acceptors (Lipinski definition) is 4. The lowest BCUT2D eigenvalue weighted by Gasteiger charge is -2.35. The van der Waals surface area contributed by atoms with Gasteiger partial charge in [0, 0.05) is 38.8 Å². The second kappa shape index (κ2) is 7.07. The third-order valence-corrected chi connectivity index (χ3v) is 4.11. The molecule has 19 heavy (non-hydrogen) atoms. The third-order valence-electron chi connectivity index (χ3n) is 4.11. The molecule has 0 saturated carbocycles. The molecule has 0 radical (unpaired) electrons. The maximum atomic E-state index is 11.0. The Bertz CT molecular complexity index is 292. The number of likely N-dealkylation sites (N-methyl/N-ethyl adjacent to an activating group) is 1. The minimum atomic E-state index is -0.298. The van der Waals surface area contributed by atoms with Crippen molar-refractivity contribution in [3.05, 3.63) is 0 Å². The van der Waals surface area contributed by atoms with Gasteiger partial charge in [0.1, 0.15) is 0 Å². The predicted octanol–water partition coefficient (Wildman–Crippen LogP) is -0.160. The van der Waals surface area contributed by atoms with E-state index in [0.29, 0.717) is 12.1 Å². The average Bonchev–Trinajstić information content (AvgIpc) is 2.46. The molecule has 110 valence electrons. The van der Waals surface area contributed by atoms with Crippen molar-refractivity contribution in [2.45, 2.75) is 31.9 Å². The number of hydrogen-bond donors (Lipinski definition) is 2. The summed E-state index contributed by atoms with van der Waals surface area (Å²) in [7, 11) is 0. The normalized spacial score (nSPS) is 26.6. The van der Waals surface area contributed by atoms with E-state index < -0.39 is 0 Å². The topological polar surface area (TPSA) is 70.8 Å². The highest BCUT2D eigenvalue weighted by atomic mass is 16.5. The zero-order valence-corrected chi connectivity index (χ0v) is 11.8. The molecule has 3 N–H and O–H groups in total. The van der Waals surface area contributed by atoms with Crippen LogP contribution < -0.4 is 11.1 Å². The molecule has 0 aromatic carbocycles. The van der Waals surface area contributed by atoms with Gasteiger partial charge in [-0.3, -0.25) is 4.90 Å². The van der Waals surface area contributed by atoms with E-state index in [2.05, 4.69) is 17.1 Å². The number of urea groups is 1. The van der Waals surface area contributed by atoms with E-state index in [1.807, 2.05) is 0 Å².